The summed E-state index contributed by atoms with van der Waals surface area (Å²) in [5.74, 6) is 0. The average molecular weight is 513 g/mol. The van der Waals surface area contributed by atoms with Crippen LogP contribution in [-0.4, -0.2) is 49.2 Å². The lowest BCUT2D eigenvalue weighted by atomic mass is 10.0. The second-order valence-electron chi connectivity index (χ2n) is 10.1. The standard InChI is InChI=1S/C26H46N3O2.BrH/c1-4-5-6-7-8-9-10-11-12-13-14-15-22-29(2,3)26-20-21-27(23-26)24-16-18-25(19-17-24)28(30)31;/h16-19,26H,4-15,20-23H2,1-3H3;1H/q+1;/p-1. The summed E-state index contributed by atoms with van der Waals surface area (Å²) in [6.07, 6.45) is 18.0. The van der Waals surface area contributed by atoms with Crippen LogP contribution < -0.4 is 21.9 Å². The Bertz CT molecular complexity index is 636. The van der Waals surface area contributed by atoms with Crippen LogP contribution in [0.5, 0.6) is 0 Å². The summed E-state index contributed by atoms with van der Waals surface area (Å²) in [7, 11) is 4.76. The average Bonchev–Trinajstić information content (AvgIpc) is 3.26. The number of nitro benzene ring substituents is 1. The second-order valence-corrected chi connectivity index (χ2v) is 10.1. The molecule has 1 aliphatic heterocycles. The monoisotopic (exact) mass is 511 g/mol. The summed E-state index contributed by atoms with van der Waals surface area (Å²) in [4.78, 5) is 12.9. The number of nitro groups is 1. The fourth-order valence-corrected chi connectivity index (χ4v) is 4.87. The molecule has 1 aromatic carbocycles. The number of hydrogen-bond acceptors (Lipinski definition) is 3. The molecule has 5 nitrogen and oxygen atoms in total. The van der Waals surface area contributed by atoms with Gasteiger partial charge in [-0.25, -0.2) is 0 Å². The van der Waals surface area contributed by atoms with Crippen molar-refractivity contribution in [2.75, 3.05) is 38.6 Å². The van der Waals surface area contributed by atoms with E-state index in [-0.39, 0.29) is 27.6 Å². The van der Waals surface area contributed by atoms with Gasteiger partial charge in [0, 0.05) is 30.8 Å². The number of unbranched alkanes of at least 4 members (excludes halogenated alkanes) is 11. The van der Waals surface area contributed by atoms with E-state index >= 15 is 0 Å². The minimum absolute atomic E-state index is 0. The molecule has 0 bridgehead atoms. The van der Waals surface area contributed by atoms with E-state index in [0.29, 0.717) is 6.04 Å². The Hall–Kier alpha value is -1.14. The quantitative estimate of drug-likeness (QED) is 0.146. The predicted octanol–water partition coefficient (Wildman–Crippen LogP) is 3.96. The van der Waals surface area contributed by atoms with Crippen molar-refractivity contribution in [1.29, 1.82) is 0 Å². The fourth-order valence-electron chi connectivity index (χ4n) is 4.87. The van der Waals surface area contributed by atoms with Crippen molar-refractivity contribution < 1.29 is 26.4 Å². The van der Waals surface area contributed by atoms with Crippen LogP contribution in [-0.2, 0) is 0 Å². The summed E-state index contributed by atoms with van der Waals surface area (Å²) in [5.41, 5.74) is 1.28. The van der Waals surface area contributed by atoms with Crippen molar-refractivity contribution in [2.45, 2.75) is 96.4 Å². The maximum absolute atomic E-state index is 10.9. The number of benzene rings is 1. The van der Waals surface area contributed by atoms with Crippen molar-refractivity contribution in [1.82, 2.24) is 0 Å². The highest BCUT2D eigenvalue weighted by Gasteiger charge is 2.34. The molecule has 0 spiro atoms. The molecule has 6 heteroatoms. The first-order valence-corrected chi connectivity index (χ1v) is 12.8. The van der Waals surface area contributed by atoms with Crippen molar-refractivity contribution in [3.8, 4) is 0 Å². The van der Waals surface area contributed by atoms with Gasteiger partial charge in [-0.3, -0.25) is 10.1 Å². The number of nitrogens with zero attached hydrogens (tertiary/aromatic N) is 3. The molecule has 1 unspecified atom stereocenters. The van der Waals surface area contributed by atoms with Gasteiger partial charge < -0.3 is 26.4 Å². The molecule has 2 rings (SSSR count). The molecule has 0 amide bonds. The molecular weight excluding hydrogens is 466 g/mol. The maximum Gasteiger partial charge on any atom is 0.269 e. The SMILES string of the molecule is CCCCCCCCCCCCCC[N+](C)(C)C1CCN(c2ccc([N+](=O)[O-])cc2)C1.[Br-]. The fraction of sp³-hybridized carbons (Fsp3) is 0.769. The van der Waals surface area contributed by atoms with Gasteiger partial charge in [-0.05, 0) is 25.0 Å². The molecule has 1 heterocycles. The molecule has 1 aliphatic rings. The number of rotatable bonds is 16. The first-order valence-electron chi connectivity index (χ1n) is 12.8. The van der Waals surface area contributed by atoms with Crippen LogP contribution in [0.25, 0.3) is 0 Å². The maximum atomic E-state index is 10.9. The first-order chi connectivity index (χ1) is 14.9. The van der Waals surface area contributed by atoms with E-state index in [0.717, 1.165) is 23.3 Å². The van der Waals surface area contributed by atoms with Gasteiger partial charge in [-0.1, -0.05) is 71.1 Å². The van der Waals surface area contributed by atoms with Gasteiger partial charge in [-0.2, -0.15) is 0 Å². The van der Waals surface area contributed by atoms with Crippen molar-refractivity contribution in [3.05, 3.63) is 34.4 Å². The highest BCUT2D eigenvalue weighted by atomic mass is 79.9. The Balaban J connectivity index is 0.00000512. The van der Waals surface area contributed by atoms with Gasteiger partial charge in [0.25, 0.3) is 5.69 Å². The smallest absolute Gasteiger partial charge is 0.269 e. The number of hydrogen-bond donors (Lipinski definition) is 0. The van der Waals surface area contributed by atoms with Gasteiger partial charge in [0.2, 0.25) is 0 Å². The zero-order chi connectivity index (χ0) is 22.5. The highest BCUT2D eigenvalue weighted by Crippen LogP contribution is 2.27. The Morgan fingerprint density at radius 3 is 1.91 bits per heavy atom. The number of quaternary nitrogens is 1. The van der Waals surface area contributed by atoms with Crippen LogP contribution in [0.4, 0.5) is 11.4 Å². The lowest BCUT2D eigenvalue weighted by molar-refractivity contribution is -0.912. The minimum Gasteiger partial charge on any atom is -1.00 e. The largest absolute Gasteiger partial charge is 1.00 e. The lowest BCUT2D eigenvalue weighted by Gasteiger charge is -2.36. The van der Waals surface area contributed by atoms with Crippen molar-refractivity contribution in [2.24, 2.45) is 0 Å². The summed E-state index contributed by atoms with van der Waals surface area (Å²) < 4.78 is 1.08. The normalized spacial score (nSPS) is 16.2. The van der Waals surface area contributed by atoms with Crippen LogP contribution in [0.1, 0.15) is 90.4 Å². The summed E-state index contributed by atoms with van der Waals surface area (Å²) in [5, 5.41) is 10.9. The van der Waals surface area contributed by atoms with Gasteiger partial charge in [0.1, 0.15) is 6.04 Å². The Labute approximate surface area is 207 Å². The van der Waals surface area contributed by atoms with Crippen LogP contribution in [0, 0.1) is 10.1 Å². The number of anilines is 1. The van der Waals surface area contributed by atoms with E-state index in [2.05, 4.69) is 25.9 Å². The van der Waals surface area contributed by atoms with Crippen molar-refractivity contribution in [3.63, 3.8) is 0 Å². The van der Waals surface area contributed by atoms with E-state index in [1.807, 2.05) is 12.1 Å². The second kappa shape index (κ2) is 15.7. The zero-order valence-electron chi connectivity index (χ0n) is 20.7. The zero-order valence-corrected chi connectivity index (χ0v) is 22.3. The van der Waals surface area contributed by atoms with E-state index in [9.17, 15) is 10.1 Å². The lowest BCUT2D eigenvalue weighted by Crippen LogP contribution is -3.00. The molecular formula is C26H46BrN3O2. The summed E-state index contributed by atoms with van der Waals surface area (Å²) in [6, 6.07) is 7.67. The van der Waals surface area contributed by atoms with E-state index in [4.69, 9.17) is 0 Å². The number of halogens is 1. The first kappa shape index (κ1) is 28.9. The number of non-ortho nitro benzene ring substituents is 1. The minimum atomic E-state index is -0.328. The Morgan fingerprint density at radius 1 is 0.906 bits per heavy atom. The van der Waals surface area contributed by atoms with Crippen LogP contribution in [0.15, 0.2) is 24.3 Å². The van der Waals surface area contributed by atoms with E-state index < -0.39 is 0 Å². The van der Waals surface area contributed by atoms with Gasteiger partial charge >= 0.3 is 0 Å². The predicted molar refractivity (Wildman–Crippen MR) is 132 cm³/mol. The van der Waals surface area contributed by atoms with E-state index in [1.54, 1.807) is 12.1 Å². The van der Waals surface area contributed by atoms with Gasteiger partial charge in [0.05, 0.1) is 32.1 Å². The molecule has 0 aromatic heterocycles. The molecule has 1 saturated heterocycles. The number of likely N-dealkylation sites (N-methyl/N-ethyl adjacent to an activating group) is 1. The van der Waals surface area contributed by atoms with Gasteiger partial charge in [0.15, 0.2) is 0 Å². The third-order valence-electron chi connectivity index (χ3n) is 7.17. The molecule has 1 atom stereocenters. The molecule has 184 valence electrons. The molecule has 0 aliphatic carbocycles. The van der Waals surface area contributed by atoms with Crippen LogP contribution in [0.3, 0.4) is 0 Å². The molecule has 0 radical (unpaired) electrons. The third kappa shape index (κ3) is 10.2. The molecule has 32 heavy (non-hydrogen) atoms. The van der Waals surface area contributed by atoms with Crippen molar-refractivity contribution >= 4 is 11.4 Å². The Morgan fingerprint density at radius 2 is 1.41 bits per heavy atom. The Kier molecular flexibility index (Phi) is 14.1. The van der Waals surface area contributed by atoms with Gasteiger partial charge in [-0.15, -0.1) is 0 Å². The summed E-state index contributed by atoms with van der Waals surface area (Å²) in [6.45, 7) is 5.62. The van der Waals surface area contributed by atoms with Crippen LogP contribution >= 0.6 is 0 Å². The highest BCUT2D eigenvalue weighted by molar-refractivity contribution is 5.51. The molecule has 0 saturated carbocycles. The third-order valence-corrected chi connectivity index (χ3v) is 7.17. The summed E-state index contributed by atoms with van der Waals surface area (Å²) >= 11 is 0. The molecule has 1 aromatic rings. The van der Waals surface area contributed by atoms with Crippen LogP contribution in [0.2, 0.25) is 0 Å². The molecule has 0 N–H and O–H groups in total. The topological polar surface area (TPSA) is 46.4 Å². The molecule has 1 fully saturated rings. The van der Waals surface area contributed by atoms with E-state index in [1.165, 1.54) is 90.0 Å².